The number of fused-ring (bicyclic) bond motifs is 1. The largest absolute Gasteiger partial charge is 0.497 e. The monoisotopic (exact) mass is 919 g/mol. The molecule has 2 aliphatic rings. The average molecular weight is 920 g/mol. The van der Waals surface area contributed by atoms with Gasteiger partial charge in [0, 0.05) is 18.9 Å². The second kappa shape index (κ2) is 22.5. The van der Waals surface area contributed by atoms with Crippen LogP contribution in [-0.2, 0) is 39.0 Å². The summed E-state index contributed by atoms with van der Waals surface area (Å²) in [6.07, 6.45) is 0.0755. The topological polar surface area (TPSA) is 211 Å². The number of carboxylic acid groups (broad SMARTS) is 1. The summed E-state index contributed by atoms with van der Waals surface area (Å²) in [6.45, 7) is 0.205. The van der Waals surface area contributed by atoms with Crippen LogP contribution in [0.2, 0.25) is 0 Å². The van der Waals surface area contributed by atoms with Gasteiger partial charge in [-0.3, -0.25) is 38.4 Å². The van der Waals surface area contributed by atoms with Gasteiger partial charge in [0.15, 0.2) is 12.3 Å². The Morgan fingerprint density at radius 2 is 1.22 bits per heavy atom. The van der Waals surface area contributed by atoms with E-state index in [9.17, 15) is 33.9 Å². The Kier molecular flexibility index (Phi) is 16.1. The van der Waals surface area contributed by atoms with Crippen molar-refractivity contribution in [3.05, 3.63) is 164 Å². The van der Waals surface area contributed by atoms with Crippen molar-refractivity contribution in [2.24, 2.45) is 0 Å². The van der Waals surface area contributed by atoms with E-state index < -0.39 is 78.0 Å². The SMILES string of the molecule is COc1ccc(C(OC[C@H]2O[C@@H](n3ccc(=O)[nH]c3=O)C(OC(=O)CCC(=O)O)C2OCCCCCCCCON2C(=O)c3ccccc3C2=O)(c2ccccc2)c2ccc(OC)cc2)cc1. The Morgan fingerprint density at radius 3 is 1.79 bits per heavy atom. The number of hydrogen-bond acceptors (Lipinski definition) is 13. The number of nitrogens with one attached hydrogen (secondary N) is 1. The number of H-pyrrole nitrogens is 1. The van der Waals surface area contributed by atoms with Crippen LogP contribution in [0.3, 0.4) is 0 Å². The van der Waals surface area contributed by atoms with Gasteiger partial charge in [-0.25, -0.2) is 4.79 Å². The van der Waals surface area contributed by atoms with Gasteiger partial charge in [-0.05, 0) is 65.9 Å². The molecule has 4 atom stereocenters. The van der Waals surface area contributed by atoms with Crippen LogP contribution in [0, 0.1) is 0 Å². The maximum absolute atomic E-state index is 13.3. The maximum Gasteiger partial charge on any atom is 0.330 e. The Hall–Kier alpha value is -6.92. The molecule has 5 aromatic rings. The van der Waals surface area contributed by atoms with Gasteiger partial charge in [-0.15, -0.1) is 5.06 Å². The van der Waals surface area contributed by atoms with Gasteiger partial charge in [0.1, 0.15) is 29.3 Å². The molecule has 0 spiro atoms. The van der Waals surface area contributed by atoms with Gasteiger partial charge >= 0.3 is 17.6 Å². The summed E-state index contributed by atoms with van der Waals surface area (Å²) in [5.74, 6) is -1.73. The van der Waals surface area contributed by atoms with Crippen molar-refractivity contribution in [1.82, 2.24) is 14.6 Å². The third-order valence-corrected chi connectivity index (χ3v) is 11.7. The predicted molar refractivity (Wildman–Crippen MR) is 241 cm³/mol. The highest BCUT2D eigenvalue weighted by molar-refractivity contribution is 6.20. The summed E-state index contributed by atoms with van der Waals surface area (Å²) in [6, 6.07) is 32.2. The smallest absolute Gasteiger partial charge is 0.330 e. The summed E-state index contributed by atoms with van der Waals surface area (Å²) in [7, 11) is 3.15. The number of carboxylic acids is 1. The number of hydrogen-bond donors (Lipinski definition) is 2. The van der Waals surface area contributed by atoms with Crippen molar-refractivity contribution in [2.45, 2.75) is 81.5 Å². The number of carbonyl (C=O) groups excluding carboxylic acids is 3. The molecule has 7 rings (SSSR count). The summed E-state index contributed by atoms with van der Waals surface area (Å²) in [4.78, 5) is 83.2. The van der Waals surface area contributed by atoms with Gasteiger partial charge in [0.25, 0.3) is 17.4 Å². The molecule has 17 nitrogen and oxygen atoms in total. The van der Waals surface area contributed by atoms with Crippen molar-refractivity contribution in [3.63, 3.8) is 0 Å². The lowest BCUT2D eigenvalue weighted by atomic mass is 9.80. The zero-order chi connectivity index (χ0) is 47.3. The lowest BCUT2D eigenvalue weighted by Crippen LogP contribution is -2.43. The molecule has 0 saturated carbocycles. The van der Waals surface area contributed by atoms with E-state index in [-0.39, 0.29) is 19.8 Å². The molecule has 0 bridgehead atoms. The van der Waals surface area contributed by atoms with Crippen LogP contribution in [0.15, 0.2) is 125 Å². The zero-order valence-corrected chi connectivity index (χ0v) is 37.2. The lowest BCUT2D eigenvalue weighted by molar-refractivity contribution is -0.162. The molecular formula is C50H53N3O14. The zero-order valence-electron chi connectivity index (χ0n) is 37.2. The predicted octanol–water partition coefficient (Wildman–Crippen LogP) is 6.19. The quantitative estimate of drug-likeness (QED) is 0.0306. The molecule has 1 fully saturated rings. The molecule has 1 aromatic heterocycles. The minimum atomic E-state index is -1.31. The molecular weight excluding hydrogens is 867 g/mol. The Balaban J connectivity index is 1.10. The summed E-state index contributed by atoms with van der Waals surface area (Å²) < 4.78 is 38.4. The lowest BCUT2D eigenvalue weighted by Gasteiger charge is -2.37. The van der Waals surface area contributed by atoms with E-state index in [4.69, 9.17) is 33.3 Å². The number of amides is 2. The summed E-state index contributed by atoms with van der Waals surface area (Å²) in [5, 5.41) is 10.2. The molecule has 2 N–H and O–H groups in total. The van der Waals surface area contributed by atoms with Crippen LogP contribution in [-0.4, -0.2) is 95.8 Å². The highest BCUT2D eigenvalue weighted by Gasteiger charge is 2.51. The Labute approximate surface area is 386 Å². The van der Waals surface area contributed by atoms with Crippen molar-refractivity contribution in [1.29, 1.82) is 0 Å². The van der Waals surface area contributed by atoms with Crippen LogP contribution in [0.4, 0.5) is 0 Å². The highest BCUT2D eigenvalue weighted by Crippen LogP contribution is 2.43. The minimum absolute atomic E-state index is 0.182. The molecule has 67 heavy (non-hydrogen) atoms. The summed E-state index contributed by atoms with van der Waals surface area (Å²) >= 11 is 0. The molecule has 0 radical (unpaired) electrons. The number of hydroxylamine groups is 2. The van der Waals surface area contributed by atoms with Crippen molar-refractivity contribution < 1.29 is 57.5 Å². The molecule has 2 unspecified atom stereocenters. The first-order chi connectivity index (χ1) is 32.5. The van der Waals surface area contributed by atoms with E-state index in [1.807, 2.05) is 78.9 Å². The number of rotatable bonds is 24. The Morgan fingerprint density at radius 1 is 0.672 bits per heavy atom. The number of ether oxygens (including phenoxy) is 6. The molecule has 352 valence electrons. The number of nitrogens with zero attached hydrogens (tertiary/aromatic N) is 2. The van der Waals surface area contributed by atoms with Gasteiger partial charge < -0.3 is 33.5 Å². The third kappa shape index (κ3) is 11.2. The van der Waals surface area contributed by atoms with E-state index in [2.05, 4.69) is 4.98 Å². The standard InChI is InChI=1S/C50H53N3O14/c1-61-36-22-18-34(19-23-36)50(33-14-8-7-9-15-33,35-20-24-37(62-2)25-21-35)64-32-40-44(45(67-43(57)27-26-42(55)56)48(66-40)52-29-28-41(54)51-49(52)60)63-30-12-5-3-4-6-13-31-65-53-46(58)38-16-10-11-17-39(38)47(53)59/h7-11,14-25,28-29,40,44-45,48H,3-6,12-13,26-27,30-32H2,1-2H3,(H,55,56)(H,51,54,60)/t40-,44?,45?,48-/m1/s1. The van der Waals surface area contributed by atoms with E-state index in [1.165, 1.54) is 6.20 Å². The van der Waals surface area contributed by atoms with Crippen molar-refractivity contribution in [2.75, 3.05) is 34.0 Å². The number of methoxy groups -OCH3 is 2. The minimum Gasteiger partial charge on any atom is -0.497 e. The van der Waals surface area contributed by atoms with E-state index in [0.29, 0.717) is 35.5 Å². The van der Waals surface area contributed by atoms with Gasteiger partial charge in [-0.1, -0.05) is 92.4 Å². The summed E-state index contributed by atoms with van der Waals surface area (Å²) in [5.41, 5.74) is 0.121. The number of aromatic amines is 1. The number of esters is 1. The first kappa shape index (κ1) is 48.0. The van der Waals surface area contributed by atoms with Crippen LogP contribution < -0.4 is 20.7 Å². The first-order valence-corrected chi connectivity index (χ1v) is 22.1. The van der Waals surface area contributed by atoms with Gasteiger partial charge in [0.2, 0.25) is 0 Å². The number of imide groups is 1. The molecule has 4 aromatic carbocycles. The second-order valence-electron chi connectivity index (χ2n) is 16.0. The van der Waals surface area contributed by atoms with Crippen LogP contribution in [0.5, 0.6) is 11.5 Å². The molecule has 2 amide bonds. The second-order valence-corrected chi connectivity index (χ2v) is 16.0. The van der Waals surface area contributed by atoms with Crippen molar-refractivity contribution >= 4 is 23.8 Å². The normalized spacial score (nSPS) is 17.9. The molecule has 3 heterocycles. The molecule has 17 heteroatoms. The fraction of sp³-hybridized carbons (Fsp3) is 0.360. The van der Waals surface area contributed by atoms with Crippen LogP contribution >= 0.6 is 0 Å². The number of benzene rings is 4. The number of aromatic nitrogens is 2. The molecule has 1 saturated heterocycles. The van der Waals surface area contributed by atoms with Crippen molar-refractivity contribution in [3.8, 4) is 11.5 Å². The van der Waals surface area contributed by atoms with Gasteiger partial charge in [0.05, 0.1) is 51.4 Å². The number of unbranched alkanes of at least 4 members (excludes halogenated alkanes) is 5. The van der Waals surface area contributed by atoms with E-state index >= 15 is 0 Å². The van der Waals surface area contributed by atoms with Crippen LogP contribution in [0.25, 0.3) is 0 Å². The maximum atomic E-state index is 13.3. The van der Waals surface area contributed by atoms with E-state index in [0.717, 1.165) is 58.1 Å². The third-order valence-electron chi connectivity index (χ3n) is 11.7. The van der Waals surface area contributed by atoms with E-state index in [1.54, 1.807) is 38.5 Å². The molecule has 0 aliphatic carbocycles. The fourth-order valence-electron chi connectivity index (χ4n) is 8.29. The van der Waals surface area contributed by atoms with Gasteiger partial charge in [-0.2, -0.15) is 0 Å². The fourth-order valence-corrected chi connectivity index (χ4v) is 8.29. The Bertz CT molecular complexity index is 2510. The average Bonchev–Trinajstić information content (AvgIpc) is 3.80. The number of aliphatic carboxylic acids is 1. The van der Waals surface area contributed by atoms with Crippen LogP contribution in [0.1, 0.15) is 95.0 Å². The highest BCUT2D eigenvalue weighted by atomic mass is 16.7. The number of carbonyl (C=O) groups is 4. The molecule has 2 aliphatic heterocycles. The first-order valence-electron chi connectivity index (χ1n) is 22.1.